The van der Waals surface area contributed by atoms with E-state index in [0.29, 0.717) is 17.4 Å². The average Bonchev–Trinajstić information content (AvgIpc) is 3.59. The van der Waals surface area contributed by atoms with E-state index >= 15 is 0 Å². The molecule has 1 aliphatic heterocycles. The number of carbonyl (C=O) groups excluding carboxylic acids is 2. The summed E-state index contributed by atoms with van der Waals surface area (Å²) in [6, 6.07) is 9.75. The van der Waals surface area contributed by atoms with E-state index < -0.39 is 5.82 Å². The molecule has 8 nitrogen and oxygen atoms in total. The molecule has 2 aromatic heterocycles. The Morgan fingerprint density at radius 1 is 1.24 bits per heavy atom. The summed E-state index contributed by atoms with van der Waals surface area (Å²) >= 11 is 1.20. The van der Waals surface area contributed by atoms with Crippen molar-refractivity contribution in [3.05, 3.63) is 65.3 Å². The van der Waals surface area contributed by atoms with Crippen LogP contribution in [0.15, 0.2) is 52.5 Å². The summed E-state index contributed by atoms with van der Waals surface area (Å²) in [7, 11) is 0. The fraction of sp³-hybridized carbons (Fsp3) is 0.348. The minimum Gasteiger partial charge on any atom is -0.467 e. The third kappa shape index (κ3) is 6.39. The summed E-state index contributed by atoms with van der Waals surface area (Å²) in [5.74, 6) is -0.295. The Kier molecular flexibility index (Phi) is 7.69. The van der Waals surface area contributed by atoms with Crippen molar-refractivity contribution in [1.82, 2.24) is 15.2 Å². The van der Waals surface area contributed by atoms with E-state index in [1.54, 1.807) is 35.7 Å². The van der Waals surface area contributed by atoms with Crippen LogP contribution < -0.4 is 10.6 Å². The zero-order valence-electron chi connectivity index (χ0n) is 18.0. The number of furan rings is 1. The number of halogens is 1. The van der Waals surface area contributed by atoms with Crippen molar-refractivity contribution < 1.29 is 23.1 Å². The second-order valence-electron chi connectivity index (χ2n) is 7.64. The van der Waals surface area contributed by atoms with E-state index in [4.69, 9.17) is 9.15 Å². The molecule has 0 bridgehead atoms. The molecule has 4 rings (SSSR count). The van der Waals surface area contributed by atoms with Gasteiger partial charge in [-0.2, -0.15) is 0 Å². The van der Waals surface area contributed by atoms with E-state index in [-0.39, 0.29) is 48.8 Å². The van der Waals surface area contributed by atoms with Crippen LogP contribution in [0.1, 0.15) is 35.5 Å². The lowest BCUT2D eigenvalue weighted by Crippen LogP contribution is -2.37. The molecule has 0 aliphatic carbocycles. The summed E-state index contributed by atoms with van der Waals surface area (Å²) in [4.78, 5) is 31.3. The molecule has 1 aliphatic rings. The molecule has 2 amide bonds. The lowest BCUT2D eigenvalue weighted by atomic mass is 10.2. The maximum atomic E-state index is 13.9. The fourth-order valence-corrected chi connectivity index (χ4v) is 4.17. The Morgan fingerprint density at radius 2 is 2.12 bits per heavy atom. The number of hydrogen-bond donors (Lipinski definition) is 2. The second-order valence-corrected chi connectivity index (χ2v) is 8.50. The molecular formula is C23H25FN4O4S. The van der Waals surface area contributed by atoms with E-state index in [1.165, 1.54) is 28.6 Å². The predicted octanol–water partition coefficient (Wildman–Crippen LogP) is 3.95. The summed E-state index contributed by atoms with van der Waals surface area (Å²) in [5, 5.41) is 7.77. The third-order valence-electron chi connectivity index (χ3n) is 5.21. The van der Waals surface area contributed by atoms with Crippen LogP contribution in [0.3, 0.4) is 0 Å². The predicted molar refractivity (Wildman–Crippen MR) is 122 cm³/mol. The molecule has 1 saturated heterocycles. The van der Waals surface area contributed by atoms with Gasteiger partial charge in [0.2, 0.25) is 5.91 Å². The van der Waals surface area contributed by atoms with Gasteiger partial charge in [0.05, 0.1) is 24.6 Å². The molecule has 1 atom stereocenters. The molecule has 0 saturated carbocycles. The molecule has 1 aromatic carbocycles. The van der Waals surface area contributed by atoms with Crippen molar-refractivity contribution in [2.24, 2.45) is 0 Å². The van der Waals surface area contributed by atoms with Crippen molar-refractivity contribution in [3.63, 3.8) is 0 Å². The molecule has 10 heteroatoms. The fourth-order valence-electron chi connectivity index (χ4n) is 3.47. The number of amides is 2. The lowest BCUT2D eigenvalue weighted by molar-refractivity contribution is -0.121. The third-order valence-corrected chi connectivity index (χ3v) is 5.97. The normalized spacial score (nSPS) is 15.4. The highest BCUT2D eigenvalue weighted by Crippen LogP contribution is 2.24. The molecule has 2 N–H and O–H groups in total. The molecule has 3 aromatic rings. The monoisotopic (exact) mass is 472 g/mol. The van der Waals surface area contributed by atoms with Gasteiger partial charge in [0.1, 0.15) is 17.3 Å². The smallest absolute Gasteiger partial charge is 0.273 e. The van der Waals surface area contributed by atoms with Crippen LogP contribution in [-0.4, -0.2) is 47.5 Å². The van der Waals surface area contributed by atoms with Gasteiger partial charge in [-0.05, 0) is 37.1 Å². The van der Waals surface area contributed by atoms with Crippen LogP contribution in [0, 0.1) is 5.82 Å². The standard InChI is InChI=1S/C23H25FN4O4S/c24-18-7-1-2-8-19(18)26-23-27-20(15-33-23)22(30)28(14-17-6-4-12-32-17)10-9-21(29)25-13-16-5-3-11-31-16/h1-2,4,6-8,12,15-16H,3,5,9-11,13-14H2,(H,25,29)(H,26,27)/t16-/m1/s1. The largest absolute Gasteiger partial charge is 0.467 e. The van der Waals surface area contributed by atoms with Gasteiger partial charge in [0, 0.05) is 31.5 Å². The first-order valence-electron chi connectivity index (χ1n) is 10.8. The number of nitrogens with one attached hydrogen (secondary N) is 2. The van der Waals surface area contributed by atoms with Crippen molar-refractivity contribution in [3.8, 4) is 0 Å². The number of anilines is 2. The molecule has 174 valence electrons. The Hall–Kier alpha value is -3.24. The van der Waals surface area contributed by atoms with Gasteiger partial charge >= 0.3 is 0 Å². The zero-order chi connectivity index (χ0) is 23.0. The summed E-state index contributed by atoms with van der Waals surface area (Å²) in [5.41, 5.74) is 0.492. The number of thiazole rings is 1. The van der Waals surface area contributed by atoms with Crippen molar-refractivity contribution in [1.29, 1.82) is 0 Å². The van der Waals surface area contributed by atoms with Crippen molar-refractivity contribution in [2.45, 2.75) is 31.9 Å². The van der Waals surface area contributed by atoms with Crippen LogP contribution in [0.5, 0.6) is 0 Å². The number of carbonyl (C=O) groups is 2. The molecule has 33 heavy (non-hydrogen) atoms. The van der Waals surface area contributed by atoms with E-state index in [2.05, 4.69) is 15.6 Å². The maximum Gasteiger partial charge on any atom is 0.273 e. The lowest BCUT2D eigenvalue weighted by Gasteiger charge is -2.21. The average molecular weight is 473 g/mol. The molecule has 1 fully saturated rings. The number of para-hydroxylation sites is 1. The van der Waals surface area contributed by atoms with E-state index in [1.807, 2.05) is 0 Å². The van der Waals surface area contributed by atoms with Crippen LogP contribution in [0.4, 0.5) is 15.2 Å². The minimum absolute atomic E-state index is 0.0604. The highest BCUT2D eigenvalue weighted by Gasteiger charge is 2.22. The first-order chi connectivity index (χ1) is 16.1. The minimum atomic E-state index is -0.408. The van der Waals surface area contributed by atoms with E-state index in [0.717, 1.165) is 19.4 Å². The SMILES string of the molecule is O=C(CCN(Cc1ccco1)C(=O)c1csc(Nc2ccccc2F)n1)NC[C@H]1CCCO1. The molecule has 0 unspecified atom stereocenters. The van der Waals surface area contributed by atoms with Gasteiger partial charge < -0.3 is 24.7 Å². The molecule has 3 heterocycles. The van der Waals surface area contributed by atoms with Gasteiger partial charge in [0.25, 0.3) is 5.91 Å². The number of ether oxygens (including phenoxy) is 1. The number of benzene rings is 1. The second kappa shape index (κ2) is 11.1. The number of nitrogens with zero attached hydrogens (tertiary/aromatic N) is 2. The Bertz CT molecular complexity index is 1070. The Balaban J connectivity index is 1.38. The first-order valence-corrected chi connectivity index (χ1v) is 11.6. The van der Waals surface area contributed by atoms with Gasteiger partial charge in [-0.1, -0.05) is 12.1 Å². The highest BCUT2D eigenvalue weighted by molar-refractivity contribution is 7.14. The van der Waals surface area contributed by atoms with Crippen molar-refractivity contribution in [2.75, 3.05) is 25.0 Å². The Morgan fingerprint density at radius 3 is 2.88 bits per heavy atom. The van der Waals surface area contributed by atoms with E-state index in [9.17, 15) is 14.0 Å². The highest BCUT2D eigenvalue weighted by atomic mass is 32.1. The topological polar surface area (TPSA) is 96.7 Å². The molecule has 0 radical (unpaired) electrons. The summed E-state index contributed by atoms with van der Waals surface area (Å²) in [6.07, 6.45) is 3.68. The number of aromatic nitrogens is 1. The zero-order valence-corrected chi connectivity index (χ0v) is 18.8. The summed E-state index contributed by atoms with van der Waals surface area (Å²) in [6.45, 7) is 1.61. The molecular weight excluding hydrogens is 447 g/mol. The summed E-state index contributed by atoms with van der Waals surface area (Å²) < 4.78 is 24.8. The van der Waals surface area contributed by atoms with Crippen LogP contribution in [0.2, 0.25) is 0 Å². The number of hydrogen-bond acceptors (Lipinski definition) is 7. The van der Waals surface area contributed by atoms with Crippen LogP contribution in [-0.2, 0) is 16.1 Å². The number of rotatable bonds is 10. The van der Waals surface area contributed by atoms with Gasteiger partial charge in [-0.25, -0.2) is 9.37 Å². The van der Waals surface area contributed by atoms with Crippen LogP contribution >= 0.6 is 11.3 Å². The van der Waals surface area contributed by atoms with Gasteiger partial charge in [-0.15, -0.1) is 11.3 Å². The first kappa shape index (κ1) is 22.9. The Labute approximate surface area is 194 Å². The molecule has 0 spiro atoms. The van der Waals surface area contributed by atoms with Crippen LogP contribution in [0.25, 0.3) is 0 Å². The quantitative estimate of drug-likeness (QED) is 0.464. The van der Waals surface area contributed by atoms with Gasteiger partial charge in [-0.3, -0.25) is 9.59 Å². The maximum absolute atomic E-state index is 13.9. The van der Waals surface area contributed by atoms with Crippen molar-refractivity contribution >= 4 is 34.0 Å². The van der Waals surface area contributed by atoms with Gasteiger partial charge in [0.15, 0.2) is 5.13 Å².